The molecule has 1 N–H and O–H groups in total. The maximum absolute atomic E-state index is 4.51. The summed E-state index contributed by atoms with van der Waals surface area (Å²) in [6, 6.07) is 6.84. The van der Waals surface area contributed by atoms with Crippen LogP contribution in [0.4, 0.5) is 0 Å². The van der Waals surface area contributed by atoms with Crippen LogP contribution in [0.3, 0.4) is 0 Å². The molecule has 2 unspecified atom stereocenters. The van der Waals surface area contributed by atoms with Gasteiger partial charge in [-0.25, -0.2) is 0 Å². The van der Waals surface area contributed by atoms with Gasteiger partial charge < -0.3 is 5.32 Å². The van der Waals surface area contributed by atoms with Crippen LogP contribution >= 0.6 is 0 Å². The van der Waals surface area contributed by atoms with Gasteiger partial charge in [0.1, 0.15) is 0 Å². The number of likely N-dealkylation sites (N-methyl/N-ethyl adjacent to an activating group) is 1. The lowest BCUT2D eigenvalue weighted by molar-refractivity contribution is 0.321. The molecule has 1 aromatic rings. The third-order valence-corrected chi connectivity index (χ3v) is 4.04. The number of aromatic nitrogens is 1. The lowest BCUT2D eigenvalue weighted by Gasteiger charge is -2.30. The van der Waals surface area contributed by atoms with Crippen LogP contribution < -0.4 is 5.32 Å². The first kappa shape index (κ1) is 12.6. The first-order valence-corrected chi connectivity index (χ1v) is 6.97. The maximum atomic E-state index is 4.51. The Kier molecular flexibility index (Phi) is 4.55. The fourth-order valence-electron chi connectivity index (χ4n) is 3.13. The number of nitrogens with one attached hydrogen (secondary N) is 1. The number of rotatable bonds is 5. The van der Waals surface area contributed by atoms with Crippen molar-refractivity contribution < 1.29 is 0 Å². The van der Waals surface area contributed by atoms with Gasteiger partial charge in [-0.2, -0.15) is 0 Å². The second kappa shape index (κ2) is 6.15. The predicted molar refractivity (Wildman–Crippen MR) is 72.1 cm³/mol. The maximum Gasteiger partial charge on any atom is 0.0447 e. The average Bonchev–Trinajstić information content (AvgIpc) is 2.90. The minimum atomic E-state index is 0.513. The molecule has 2 atom stereocenters. The van der Waals surface area contributed by atoms with Crippen molar-refractivity contribution in [2.24, 2.45) is 5.92 Å². The monoisotopic (exact) mass is 232 g/mol. The van der Waals surface area contributed by atoms with Crippen LogP contribution in [0, 0.1) is 5.92 Å². The van der Waals surface area contributed by atoms with Crippen molar-refractivity contribution in [2.75, 3.05) is 6.54 Å². The molecule has 2 heteroatoms. The zero-order valence-electron chi connectivity index (χ0n) is 11.0. The Morgan fingerprint density at radius 2 is 2.12 bits per heavy atom. The number of pyridine rings is 1. The van der Waals surface area contributed by atoms with Crippen molar-refractivity contribution in [3.05, 3.63) is 30.1 Å². The van der Waals surface area contributed by atoms with E-state index in [-0.39, 0.29) is 0 Å². The molecule has 1 aliphatic rings. The minimum absolute atomic E-state index is 0.513. The van der Waals surface area contributed by atoms with Gasteiger partial charge in [0.2, 0.25) is 0 Å². The standard InChI is InChI=1S/C15H24N2/c1-3-16-15(13-8-4-5-9-13)12(2)14-10-6-7-11-17-14/h6-7,10-13,15-16H,3-5,8-9H2,1-2H3. The highest BCUT2D eigenvalue weighted by molar-refractivity contribution is 5.12. The molecule has 2 nitrogen and oxygen atoms in total. The normalized spacial score (nSPS) is 20.4. The van der Waals surface area contributed by atoms with Crippen LogP contribution in [-0.4, -0.2) is 17.6 Å². The first-order chi connectivity index (χ1) is 8.33. The summed E-state index contributed by atoms with van der Waals surface area (Å²) < 4.78 is 0. The van der Waals surface area contributed by atoms with Gasteiger partial charge in [-0.15, -0.1) is 0 Å². The molecule has 0 aromatic carbocycles. The first-order valence-electron chi connectivity index (χ1n) is 6.97. The third kappa shape index (κ3) is 3.06. The van der Waals surface area contributed by atoms with E-state index >= 15 is 0 Å². The molecule has 0 radical (unpaired) electrons. The molecule has 1 saturated carbocycles. The average molecular weight is 232 g/mol. The predicted octanol–water partition coefficient (Wildman–Crippen LogP) is 3.35. The molecular formula is C15H24N2. The lowest BCUT2D eigenvalue weighted by Crippen LogP contribution is -2.39. The SMILES string of the molecule is CCNC(C1CCCC1)C(C)c1ccccn1. The summed E-state index contributed by atoms with van der Waals surface area (Å²) in [6.45, 7) is 5.57. The second-order valence-electron chi connectivity index (χ2n) is 5.17. The third-order valence-electron chi connectivity index (χ3n) is 4.04. The summed E-state index contributed by atoms with van der Waals surface area (Å²) in [6.07, 6.45) is 7.48. The van der Waals surface area contributed by atoms with E-state index in [1.807, 2.05) is 12.3 Å². The second-order valence-corrected chi connectivity index (χ2v) is 5.17. The molecule has 1 aliphatic carbocycles. The summed E-state index contributed by atoms with van der Waals surface area (Å²) >= 11 is 0. The van der Waals surface area contributed by atoms with Gasteiger partial charge >= 0.3 is 0 Å². The van der Waals surface area contributed by atoms with Gasteiger partial charge in [0, 0.05) is 23.9 Å². The molecule has 0 bridgehead atoms. The van der Waals surface area contributed by atoms with Crippen molar-refractivity contribution in [1.29, 1.82) is 0 Å². The zero-order valence-corrected chi connectivity index (χ0v) is 11.0. The molecule has 0 spiro atoms. The van der Waals surface area contributed by atoms with Crippen LogP contribution in [0.25, 0.3) is 0 Å². The minimum Gasteiger partial charge on any atom is -0.313 e. The molecule has 0 aliphatic heterocycles. The van der Waals surface area contributed by atoms with Crippen LogP contribution in [0.5, 0.6) is 0 Å². The quantitative estimate of drug-likeness (QED) is 0.842. The van der Waals surface area contributed by atoms with E-state index in [1.54, 1.807) is 0 Å². The summed E-state index contributed by atoms with van der Waals surface area (Å²) in [4.78, 5) is 4.51. The van der Waals surface area contributed by atoms with Crippen LogP contribution in [0.2, 0.25) is 0 Å². The van der Waals surface area contributed by atoms with E-state index in [0.29, 0.717) is 12.0 Å². The number of nitrogens with zero attached hydrogens (tertiary/aromatic N) is 1. The van der Waals surface area contributed by atoms with Crippen LogP contribution in [0.1, 0.15) is 51.1 Å². The molecule has 17 heavy (non-hydrogen) atoms. The fourth-order valence-corrected chi connectivity index (χ4v) is 3.13. The van der Waals surface area contributed by atoms with Gasteiger partial charge in [-0.05, 0) is 37.4 Å². The highest BCUT2D eigenvalue weighted by Gasteiger charge is 2.29. The largest absolute Gasteiger partial charge is 0.313 e. The smallest absolute Gasteiger partial charge is 0.0447 e. The zero-order chi connectivity index (χ0) is 12.1. The molecule has 1 aromatic heterocycles. The number of hydrogen-bond donors (Lipinski definition) is 1. The van der Waals surface area contributed by atoms with Crippen molar-refractivity contribution >= 4 is 0 Å². The lowest BCUT2D eigenvalue weighted by atomic mass is 9.86. The van der Waals surface area contributed by atoms with Crippen LogP contribution in [-0.2, 0) is 0 Å². The van der Waals surface area contributed by atoms with E-state index in [1.165, 1.54) is 31.4 Å². The van der Waals surface area contributed by atoms with Gasteiger partial charge in [0.15, 0.2) is 0 Å². The van der Waals surface area contributed by atoms with Gasteiger partial charge in [-0.3, -0.25) is 4.98 Å². The van der Waals surface area contributed by atoms with E-state index in [9.17, 15) is 0 Å². The number of hydrogen-bond acceptors (Lipinski definition) is 2. The Labute approximate surface area is 105 Å². The topological polar surface area (TPSA) is 24.9 Å². The molecule has 0 amide bonds. The van der Waals surface area contributed by atoms with Crippen molar-refractivity contribution in [1.82, 2.24) is 10.3 Å². The highest BCUT2D eigenvalue weighted by atomic mass is 14.9. The Bertz CT molecular complexity index is 317. The molecule has 1 fully saturated rings. The van der Waals surface area contributed by atoms with E-state index in [2.05, 4.69) is 36.3 Å². The Morgan fingerprint density at radius 3 is 2.71 bits per heavy atom. The summed E-state index contributed by atoms with van der Waals surface area (Å²) in [5, 5.41) is 3.68. The van der Waals surface area contributed by atoms with Gasteiger partial charge in [0.05, 0.1) is 0 Å². The van der Waals surface area contributed by atoms with E-state index < -0.39 is 0 Å². The van der Waals surface area contributed by atoms with Crippen molar-refractivity contribution in [3.63, 3.8) is 0 Å². The molecular weight excluding hydrogens is 208 g/mol. The van der Waals surface area contributed by atoms with Gasteiger partial charge in [-0.1, -0.05) is 32.8 Å². The summed E-state index contributed by atoms with van der Waals surface area (Å²) in [7, 11) is 0. The molecule has 94 valence electrons. The van der Waals surface area contributed by atoms with Crippen molar-refractivity contribution in [2.45, 2.75) is 51.5 Å². The van der Waals surface area contributed by atoms with Gasteiger partial charge in [0.25, 0.3) is 0 Å². The molecule has 0 saturated heterocycles. The highest BCUT2D eigenvalue weighted by Crippen LogP contribution is 2.33. The van der Waals surface area contributed by atoms with E-state index in [0.717, 1.165) is 12.5 Å². The van der Waals surface area contributed by atoms with E-state index in [4.69, 9.17) is 0 Å². The van der Waals surface area contributed by atoms with Crippen molar-refractivity contribution in [3.8, 4) is 0 Å². The van der Waals surface area contributed by atoms with Crippen LogP contribution in [0.15, 0.2) is 24.4 Å². The Hall–Kier alpha value is -0.890. The fraction of sp³-hybridized carbons (Fsp3) is 0.667. The Morgan fingerprint density at radius 1 is 1.35 bits per heavy atom. The molecule has 1 heterocycles. The summed E-state index contributed by atoms with van der Waals surface area (Å²) in [5.41, 5.74) is 1.23. The summed E-state index contributed by atoms with van der Waals surface area (Å²) in [5.74, 6) is 1.35. The Balaban J connectivity index is 2.09. The molecule has 2 rings (SSSR count).